The summed E-state index contributed by atoms with van der Waals surface area (Å²) in [7, 11) is 0. The molecular formula is C15H19N3O5. The molecule has 0 atom stereocenters. The van der Waals surface area contributed by atoms with Crippen molar-refractivity contribution in [1.82, 2.24) is 4.90 Å². The molecule has 0 aliphatic rings. The number of hydrogen-bond donors (Lipinski definition) is 1. The van der Waals surface area contributed by atoms with Gasteiger partial charge in [-0.05, 0) is 19.9 Å². The van der Waals surface area contributed by atoms with E-state index in [1.165, 1.54) is 17.0 Å². The second-order valence-corrected chi connectivity index (χ2v) is 4.97. The van der Waals surface area contributed by atoms with Gasteiger partial charge in [-0.25, -0.2) is 4.79 Å². The van der Waals surface area contributed by atoms with E-state index < -0.39 is 17.5 Å². The second-order valence-electron chi connectivity index (χ2n) is 4.97. The van der Waals surface area contributed by atoms with E-state index in [0.29, 0.717) is 13.1 Å². The fourth-order valence-corrected chi connectivity index (χ4v) is 1.83. The molecule has 1 aromatic rings. The quantitative estimate of drug-likeness (QED) is 0.269. The van der Waals surface area contributed by atoms with E-state index in [0.717, 1.165) is 11.6 Å². The molecule has 0 unspecified atom stereocenters. The Hall–Kier alpha value is -2.90. The van der Waals surface area contributed by atoms with E-state index in [9.17, 15) is 19.7 Å². The number of rotatable bonds is 7. The number of anilines is 1. The Labute approximate surface area is 133 Å². The first kappa shape index (κ1) is 18.1. The van der Waals surface area contributed by atoms with E-state index in [2.05, 4.69) is 6.58 Å². The van der Waals surface area contributed by atoms with Crippen LogP contribution in [-0.4, -0.2) is 41.4 Å². The SMILES string of the molecule is C=C(C)CN(CC)C(=O)COC(=O)c1cc([N+](=O)[O-])ccc1N. The predicted octanol–water partition coefficient (Wildman–Crippen LogP) is 1.76. The van der Waals surface area contributed by atoms with E-state index in [-0.39, 0.29) is 22.8 Å². The number of non-ortho nitro benzene ring substituents is 1. The van der Waals surface area contributed by atoms with Crippen LogP contribution in [0.15, 0.2) is 30.4 Å². The zero-order valence-electron chi connectivity index (χ0n) is 13.1. The van der Waals surface area contributed by atoms with E-state index >= 15 is 0 Å². The van der Waals surface area contributed by atoms with Crippen molar-refractivity contribution in [1.29, 1.82) is 0 Å². The van der Waals surface area contributed by atoms with Crippen molar-refractivity contribution in [3.05, 3.63) is 46.0 Å². The van der Waals surface area contributed by atoms with Crippen LogP contribution in [0.25, 0.3) is 0 Å². The number of amides is 1. The Morgan fingerprint density at radius 1 is 1.43 bits per heavy atom. The average molecular weight is 321 g/mol. The molecule has 0 saturated carbocycles. The summed E-state index contributed by atoms with van der Waals surface area (Å²) >= 11 is 0. The number of nitrogens with zero attached hydrogens (tertiary/aromatic N) is 2. The molecule has 0 aliphatic heterocycles. The van der Waals surface area contributed by atoms with Gasteiger partial charge >= 0.3 is 5.97 Å². The molecule has 2 N–H and O–H groups in total. The minimum atomic E-state index is -0.883. The molecule has 0 radical (unpaired) electrons. The van der Waals surface area contributed by atoms with E-state index in [1.54, 1.807) is 13.8 Å². The first-order valence-corrected chi connectivity index (χ1v) is 6.89. The Kier molecular flexibility index (Phi) is 6.25. The van der Waals surface area contributed by atoms with E-state index in [1.807, 2.05) is 0 Å². The summed E-state index contributed by atoms with van der Waals surface area (Å²) in [5, 5.41) is 10.7. The molecule has 0 saturated heterocycles. The predicted molar refractivity (Wildman–Crippen MR) is 84.9 cm³/mol. The van der Waals surface area contributed by atoms with Gasteiger partial charge in [0, 0.05) is 30.9 Å². The number of carbonyl (C=O) groups is 2. The minimum absolute atomic E-state index is 0.0438. The number of nitrogen functional groups attached to an aromatic ring is 1. The van der Waals surface area contributed by atoms with Crippen LogP contribution in [0.5, 0.6) is 0 Å². The highest BCUT2D eigenvalue weighted by atomic mass is 16.6. The van der Waals surface area contributed by atoms with Gasteiger partial charge in [0.05, 0.1) is 10.5 Å². The summed E-state index contributed by atoms with van der Waals surface area (Å²) < 4.78 is 4.91. The number of nitro groups is 1. The molecule has 0 spiro atoms. The number of ether oxygens (including phenoxy) is 1. The number of esters is 1. The summed E-state index contributed by atoms with van der Waals surface area (Å²) in [5.74, 6) is -1.27. The Morgan fingerprint density at radius 3 is 2.61 bits per heavy atom. The maximum atomic E-state index is 12.0. The average Bonchev–Trinajstić information content (AvgIpc) is 2.49. The molecular weight excluding hydrogens is 302 g/mol. The molecule has 124 valence electrons. The van der Waals surface area contributed by atoms with Gasteiger partial charge in [-0.1, -0.05) is 12.2 Å². The zero-order valence-corrected chi connectivity index (χ0v) is 13.1. The summed E-state index contributed by atoms with van der Waals surface area (Å²) in [4.78, 5) is 35.5. The normalized spacial score (nSPS) is 10.0. The smallest absolute Gasteiger partial charge is 0.341 e. The van der Waals surface area contributed by atoms with Crippen LogP contribution in [0.1, 0.15) is 24.2 Å². The number of nitro benzene ring substituents is 1. The molecule has 0 bridgehead atoms. The molecule has 0 fully saturated rings. The molecule has 1 amide bonds. The van der Waals surface area contributed by atoms with Crippen LogP contribution in [0.4, 0.5) is 11.4 Å². The van der Waals surface area contributed by atoms with Crippen molar-refractivity contribution in [2.45, 2.75) is 13.8 Å². The summed E-state index contributed by atoms with van der Waals surface area (Å²) in [6.07, 6.45) is 0. The highest BCUT2D eigenvalue weighted by Crippen LogP contribution is 2.20. The first-order chi connectivity index (χ1) is 10.8. The Balaban J connectivity index is 2.77. The lowest BCUT2D eigenvalue weighted by Crippen LogP contribution is -2.35. The van der Waals surface area contributed by atoms with Crippen molar-refractivity contribution in [3.63, 3.8) is 0 Å². The van der Waals surface area contributed by atoms with Crippen molar-refractivity contribution in [2.75, 3.05) is 25.4 Å². The van der Waals surface area contributed by atoms with Crippen molar-refractivity contribution in [2.24, 2.45) is 0 Å². The largest absolute Gasteiger partial charge is 0.452 e. The van der Waals surface area contributed by atoms with Crippen molar-refractivity contribution >= 4 is 23.3 Å². The summed E-state index contributed by atoms with van der Waals surface area (Å²) in [6, 6.07) is 3.45. The molecule has 1 aromatic carbocycles. The second kappa shape index (κ2) is 7.92. The van der Waals surface area contributed by atoms with Crippen LogP contribution >= 0.6 is 0 Å². The summed E-state index contributed by atoms with van der Waals surface area (Å²) in [6.45, 7) is 7.64. The zero-order chi connectivity index (χ0) is 17.6. The van der Waals surface area contributed by atoms with Crippen LogP contribution in [0, 0.1) is 10.1 Å². The van der Waals surface area contributed by atoms with Crippen LogP contribution in [-0.2, 0) is 9.53 Å². The third kappa shape index (κ3) is 5.10. The van der Waals surface area contributed by atoms with Gasteiger partial charge in [-0.15, -0.1) is 0 Å². The number of likely N-dealkylation sites (N-methyl/N-ethyl adjacent to an activating group) is 1. The van der Waals surface area contributed by atoms with Gasteiger partial charge < -0.3 is 15.4 Å². The van der Waals surface area contributed by atoms with Crippen molar-refractivity contribution < 1.29 is 19.2 Å². The van der Waals surface area contributed by atoms with Gasteiger partial charge in [0.1, 0.15) is 0 Å². The standard InChI is InChI=1S/C15H19N3O5/c1-4-17(8-10(2)3)14(19)9-23-15(20)12-7-11(18(21)22)5-6-13(12)16/h5-7H,2,4,8-9,16H2,1,3H3. The Bertz CT molecular complexity index is 642. The lowest BCUT2D eigenvalue weighted by atomic mass is 10.1. The van der Waals surface area contributed by atoms with Crippen LogP contribution in [0.2, 0.25) is 0 Å². The fourth-order valence-electron chi connectivity index (χ4n) is 1.83. The van der Waals surface area contributed by atoms with Crippen LogP contribution in [0.3, 0.4) is 0 Å². The van der Waals surface area contributed by atoms with Crippen molar-refractivity contribution in [3.8, 4) is 0 Å². The highest BCUT2D eigenvalue weighted by molar-refractivity contribution is 5.97. The minimum Gasteiger partial charge on any atom is -0.452 e. The number of nitrogens with two attached hydrogens (primary N) is 1. The molecule has 0 aromatic heterocycles. The first-order valence-electron chi connectivity index (χ1n) is 6.89. The molecule has 8 nitrogen and oxygen atoms in total. The number of hydrogen-bond acceptors (Lipinski definition) is 6. The fraction of sp³-hybridized carbons (Fsp3) is 0.333. The topological polar surface area (TPSA) is 116 Å². The molecule has 0 heterocycles. The Morgan fingerprint density at radius 2 is 2.09 bits per heavy atom. The maximum absolute atomic E-state index is 12.0. The van der Waals surface area contributed by atoms with Crippen LogP contribution < -0.4 is 5.73 Å². The van der Waals surface area contributed by atoms with Gasteiger partial charge in [-0.3, -0.25) is 14.9 Å². The molecule has 0 aliphatic carbocycles. The van der Waals surface area contributed by atoms with E-state index in [4.69, 9.17) is 10.5 Å². The third-order valence-corrected chi connectivity index (χ3v) is 2.99. The number of benzene rings is 1. The molecule has 8 heteroatoms. The lowest BCUT2D eigenvalue weighted by molar-refractivity contribution is -0.384. The lowest BCUT2D eigenvalue weighted by Gasteiger charge is -2.20. The van der Waals surface area contributed by atoms with Gasteiger partial charge in [0.15, 0.2) is 6.61 Å². The monoisotopic (exact) mass is 321 g/mol. The summed E-state index contributed by atoms with van der Waals surface area (Å²) in [5.41, 5.74) is 6.04. The third-order valence-electron chi connectivity index (χ3n) is 2.99. The van der Waals surface area contributed by atoms with Gasteiger partial charge in [0.2, 0.25) is 0 Å². The highest BCUT2D eigenvalue weighted by Gasteiger charge is 2.19. The molecule has 1 rings (SSSR count). The molecule has 23 heavy (non-hydrogen) atoms. The van der Waals surface area contributed by atoms with Gasteiger partial charge in [-0.2, -0.15) is 0 Å². The van der Waals surface area contributed by atoms with Gasteiger partial charge in [0.25, 0.3) is 11.6 Å². The maximum Gasteiger partial charge on any atom is 0.341 e. The number of carbonyl (C=O) groups excluding carboxylic acids is 2.